The molecule has 0 fully saturated rings. The van der Waals surface area contributed by atoms with E-state index < -0.39 is 17.2 Å². The molecule has 0 bridgehead atoms. The lowest BCUT2D eigenvalue weighted by molar-refractivity contribution is -0.385. The van der Waals surface area contributed by atoms with Gasteiger partial charge in [-0.15, -0.1) is 0 Å². The number of benzene rings is 1. The zero-order chi connectivity index (χ0) is 14.0. The summed E-state index contributed by atoms with van der Waals surface area (Å²) in [4.78, 5) is 13.6. The lowest BCUT2D eigenvalue weighted by Crippen LogP contribution is -1.96. The Labute approximate surface area is 105 Å². The van der Waals surface area contributed by atoms with Crippen molar-refractivity contribution in [3.8, 4) is 17.1 Å². The molecule has 0 saturated carbocycles. The van der Waals surface area contributed by atoms with Gasteiger partial charge < -0.3 is 9.26 Å². The minimum Gasteiger partial charge on any atom is -0.490 e. The summed E-state index contributed by atoms with van der Waals surface area (Å²) in [6, 6.07) is 4.00. The van der Waals surface area contributed by atoms with Crippen LogP contribution < -0.4 is 4.74 Å². The largest absolute Gasteiger partial charge is 0.490 e. The number of methoxy groups -OCH3 is 1. The molecule has 0 N–H and O–H groups in total. The Morgan fingerprint density at radius 3 is 2.74 bits per heavy atom. The maximum absolute atomic E-state index is 12.4. The lowest BCUT2D eigenvalue weighted by Gasteiger charge is -2.04. The average molecular weight is 271 g/mol. The molecule has 0 saturated heterocycles. The molecule has 1 aromatic heterocycles. The SMILES string of the molecule is COc1c(-c2noc(C(F)F)n2)cccc1[N+](=O)[O-]. The van der Waals surface area contributed by atoms with Gasteiger partial charge in [0, 0.05) is 6.07 Å². The van der Waals surface area contributed by atoms with E-state index in [2.05, 4.69) is 14.7 Å². The number of hydrogen-bond donors (Lipinski definition) is 0. The fourth-order valence-electron chi connectivity index (χ4n) is 1.49. The van der Waals surface area contributed by atoms with Crippen molar-refractivity contribution < 1.29 is 23.0 Å². The number of nitrogens with zero attached hydrogens (tertiary/aromatic N) is 3. The van der Waals surface area contributed by atoms with Crippen LogP contribution in [0.2, 0.25) is 0 Å². The van der Waals surface area contributed by atoms with Crippen molar-refractivity contribution in [3.63, 3.8) is 0 Å². The van der Waals surface area contributed by atoms with Gasteiger partial charge in [0.25, 0.3) is 5.89 Å². The minimum atomic E-state index is -2.91. The third-order valence-electron chi connectivity index (χ3n) is 2.26. The third kappa shape index (κ3) is 2.34. The highest BCUT2D eigenvalue weighted by Crippen LogP contribution is 2.36. The van der Waals surface area contributed by atoms with Gasteiger partial charge in [-0.2, -0.15) is 13.8 Å². The van der Waals surface area contributed by atoms with E-state index in [1.54, 1.807) is 0 Å². The van der Waals surface area contributed by atoms with Gasteiger partial charge in [0.1, 0.15) is 0 Å². The number of aromatic nitrogens is 2. The van der Waals surface area contributed by atoms with Crippen LogP contribution in [0.5, 0.6) is 5.75 Å². The van der Waals surface area contributed by atoms with E-state index in [-0.39, 0.29) is 22.8 Å². The van der Waals surface area contributed by atoms with E-state index in [0.29, 0.717) is 0 Å². The van der Waals surface area contributed by atoms with Crippen molar-refractivity contribution in [2.75, 3.05) is 7.11 Å². The number of halogens is 2. The van der Waals surface area contributed by atoms with E-state index in [1.807, 2.05) is 0 Å². The second kappa shape index (κ2) is 4.96. The Bertz CT molecular complexity index is 615. The van der Waals surface area contributed by atoms with Crippen LogP contribution in [0.4, 0.5) is 14.5 Å². The fraction of sp³-hybridized carbons (Fsp3) is 0.200. The number of hydrogen-bond acceptors (Lipinski definition) is 6. The number of nitro groups is 1. The molecule has 1 aromatic carbocycles. The molecule has 0 atom stereocenters. The van der Waals surface area contributed by atoms with Gasteiger partial charge in [-0.25, -0.2) is 0 Å². The molecular formula is C10H7F2N3O4. The third-order valence-corrected chi connectivity index (χ3v) is 2.26. The van der Waals surface area contributed by atoms with Crippen LogP contribution >= 0.6 is 0 Å². The van der Waals surface area contributed by atoms with Crippen LogP contribution in [-0.4, -0.2) is 22.2 Å². The average Bonchev–Trinajstić information content (AvgIpc) is 2.87. The quantitative estimate of drug-likeness (QED) is 0.627. The maximum atomic E-state index is 12.4. The van der Waals surface area contributed by atoms with Gasteiger partial charge in [-0.1, -0.05) is 11.2 Å². The van der Waals surface area contributed by atoms with Crippen molar-refractivity contribution in [1.82, 2.24) is 10.1 Å². The molecule has 0 aliphatic heterocycles. The van der Waals surface area contributed by atoms with Crippen LogP contribution in [0.15, 0.2) is 22.7 Å². The second-order valence-corrected chi connectivity index (χ2v) is 3.37. The van der Waals surface area contributed by atoms with Crippen LogP contribution in [0, 0.1) is 10.1 Å². The molecule has 7 nitrogen and oxygen atoms in total. The van der Waals surface area contributed by atoms with Gasteiger partial charge in [0.15, 0.2) is 0 Å². The zero-order valence-electron chi connectivity index (χ0n) is 9.54. The summed E-state index contributed by atoms with van der Waals surface area (Å²) >= 11 is 0. The summed E-state index contributed by atoms with van der Waals surface area (Å²) in [5.41, 5.74) is -0.212. The van der Waals surface area contributed by atoms with Crippen molar-refractivity contribution in [1.29, 1.82) is 0 Å². The molecule has 2 aromatic rings. The summed E-state index contributed by atoms with van der Waals surface area (Å²) < 4.78 is 34.0. The first-order valence-electron chi connectivity index (χ1n) is 4.98. The predicted octanol–water partition coefficient (Wildman–Crippen LogP) is 2.59. The molecule has 0 radical (unpaired) electrons. The number of para-hydroxylation sites is 1. The van der Waals surface area contributed by atoms with Gasteiger partial charge in [0.2, 0.25) is 11.6 Å². The molecule has 19 heavy (non-hydrogen) atoms. The number of ether oxygens (including phenoxy) is 1. The molecule has 0 aliphatic carbocycles. The topological polar surface area (TPSA) is 91.3 Å². The van der Waals surface area contributed by atoms with Crippen molar-refractivity contribution in [3.05, 3.63) is 34.2 Å². The Morgan fingerprint density at radius 2 is 2.21 bits per heavy atom. The monoisotopic (exact) mass is 271 g/mol. The summed E-state index contributed by atoms with van der Waals surface area (Å²) in [5, 5.41) is 14.2. The molecule has 1 heterocycles. The van der Waals surface area contributed by atoms with Crippen LogP contribution in [0.25, 0.3) is 11.4 Å². The van der Waals surface area contributed by atoms with Gasteiger partial charge in [-0.05, 0) is 6.07 Å². The van der Waals surface area contributed by atoms with Crippen LogP contribution in [0.1, 0.15) is 12.3 Å². The van der Waals surface area contributed by atoms with E-state index >= 15 is 0 Å². The predicted molar refractivity (Wildman–Crippen MR) is 57.9 cm³/mol. The highest BCUT2D eigenvalue weighted by Gasteiger charge is 2.24. The van der Waals surface area contributed by atoms with Crippen molar-refractivity contribution >= 4 is 5.69 Å². The molecule has 100 valence electrons. The molecular weight excluding hydrogens is 264 g/mol. The zero-order valence-corrected chi connectivity index (χ0v) is 9.54. The lowest BCUT2D eigenvalue weighted by atomic mass is 10.1. The van der Waals surface area contributed by atoms with Crippen LogP contribution in [0.3, 0.4) is 0 Å². The highest BCUT2D eigenvalue weighted by atomic mass is 19.3. The summed E-state index contributed by atoms with van der Waals surface area (Å²) in [7, 11) is 1.22. The summed E-state index contributed by atoms with van der Waals surface area (Å²) in [6.45, 7) is 0. The van der Waals surface area contributed by atoms with E-state index in [1.165, 1.54) is 25.3 Å². The van der Waals surface area contributed by atoms with E-state index in [4.69, 9.17) is 4.74 Å². The Morgan fingerprint density at radius 1 is 1.47 bits per heavy atom. The van der Waals surface area contributed by atoms with E-state index in [9.17, 15) is 18.9 Å². The van der Waals surface area contributed by atoms with Gasteiger partial charge in [0.05, 0.1) is 17.6 Å². The first-order chi connectivity index (χ1) is 9.04. The first kappa shape index (κ1) is 12.9. The first-order valence-corrected chi connectivity index (χ1v) is 4.98. The number of rotatable bonds is 4. The summed E-state index contributed by atoms with van der Waals surface area (Å²) in [5.74, 6) is -1.17. The highest BCUT2D eigenvalue weighted by molar-refractivity contribution is 5.70. The summed E-state index contributed by atoms with van der Waals surface area (Å²) in [6.07, 6.45) is -2.91. The van der Waals surface area contributed by atoms with Gasteiger partial charge in [-0.3, -0.25) is 10.1 Å². The molecule has 0 unspecified atom stereocenters. The molecule has 9 heteroatoms. The molecule has 0 amide bonds. The Balaban J connectivity index is 2.54. The Hall–Kier alpha value is -2.58. The second-order valence-electron chi connectivity index (χ2n) is 3.37. The van der Waals surface area contributed by atoms with Crippen molar-refractivity contribution in [2.24, 2.45) is 0 Å². The van der Waals surface area contributed by atoms with E-state index in [0.717, 1.165) is 0 Å². The molecule has 0 aliphatic rings. The number of nitro benzene ring substituents is 1. The van der Waals surface area contributed by atoms with Crippen molar-refractivity contribution in [2.45, 2.75) is 6.43 Å². The molecule has 0 spiro atoms. The maximum Gasteiger partial charge on any atom is 0.315 e. The smallest absolute Gasteiger partial charge is 0.315 e. The minimum absolute atomic E-state index is 0.104. The normalized spacial score (nSPS) is 10.7. The van der Waals surface area contributed by atoms with Crippen LogP contribution in [-0.2, 0) is 0 Å². The standard InChI is InChI=1S/C10H7F2N3O4/c1-18-7-5(3-2-4-6(7)15(16)17)9-13-10(8(11)12)19-14-9/h2-4,8H,1H3. The number of alkyl halides is 2. The van der Waals surface area contributed by atoms with Gasteiger partial charge >= 0.3 is 12.1 Å². The molecule has 2 rings (SSSR count). The fourth-order valence-corrected chi connectivity index (χ4v) is 1.49. The Kier molecular flexibility index (Phi) is 3.36.